The molecule has 0 saturated carbocycles. The van der Waals surface area contributed by atoms with E-state index >= 15 is 0 Å². The molecule has 106 valence electrons. The molecule has 0 heterocycles. The number of likely N-dealkylation sites (N-methyl/N-ethyl adjacent to an activating group) is 1. The second-order valence-corrected chi connectivity index (χ2v) is 4.75. The summed E-state index contributed by atoms with van der Waals surface area (Å²) in [5, 5.41) is 9.22. The molecule has 1 aromatic rings. The van der Waals surface area contributed by atoms with Gasteiger partial charge in [0.05, 0.1) is 6.04 Å². The van der Waals surface area contributed by atoms with Crippen LogP contribution in [0.25, 0.3) is 0 Å². The Labute approximate surface area is 115 Å². The molecule has 1 aromatic carbocycles. The van der Waals surface area contributed by atoms with E-state index in [-0.39, 0.29) is 11.7 Å². The molecule has 0 aliphatic carbocycles. The molecule has 0 radical (unpaired) electrons. The topological polar surface area (TPSA) is 66.6 Å². The molecule has 0 aromatic heterocycles. The minimum absolute atomic E-state index is 0.00373. The third-order valence-corrected chi connectivity index (χ3v) is 3.18. The zero-order valence-electron chi connectivity index (χ0n) is 11.8. The molecular weight excluding hydrogens is 240 g/mol. The van der Waals surface area contributed by atoms with Gasteiger partial charge in [-0.2, -0.15) is 0 Å². The first kappa shape index (κ1) is 15.5. The maximum absolute atomic E-state index is 12.2. The maximum atomic E-state index is 12.2. The van der Waals surface area contributed by atoms with E-state index in [9.17, 15) is 9.90 Å². The molecular formula is C15H24N2O2. The van der Waals surface area contributed by atoms with Gasteiger partial charge in [-0.15, -0.1) is 0 Å². The van der Waals surface area contributed by atoms with Crippen LogP contribution in [0.4, 0.5) is 0 Å². The number of nitrogens with two attached hydrogens (primary N) is 1. The normalized spacial score (nSPS) is 12.2. The van der Waals surface area contributed by atoms with Gasteiger partial charge in [0.1, 0.15) is 5.75 Å². The van der Waals surface area contributed by atoms with Crippen LogP contribution in [0.5, 0.6) is 5.75 Å². The van der Waals surface area contributed by atoms with Crippen molar-refractivity contribution >= 4 is 5.91 Å². The third-order valence-electron chi connectivity index (χ3n) is 3.18. The highest BCUT2D eigenvalue weighted by molar-refractivity contribution is 5.82. The lowest BCUT2D eigenvalue weighted by molar-refractivity contribution is -0.132. The minimum atomic E-state index is -0.513. The largest absolute Gasteiger partial charge is 0.508 e. The van der Waals surface area contributed by atoms with Crippen molar-refractivity contribution in [2.24, 2.45) is 5.73 Å². The number of phenolic OH excluding ortho intramolecular Hbond substituents is 1. The fraction of sp³-hybridized carbons (Fsp3) is 0.533. The van der Waals surface area contributed by atoms with Gasteiger partial charge in [0.25, 0.3) is 0 Å². The van der Waals surface area contributed by atoms with Crippen molar-refractivity contribution in [3.8, 4) is 5.75 Å². The van der Waals surface area contributed by atoms with E-state index in [1.165, 1.54) is 0 Å². The lowest BCUT2D eigenvalue weighted by Crippen LogP contribution is -2.45. The van der Waals surface area contributed by atoms with E-state index in [2.05, 4.69) is 6.92 Å². The Morgan fingerprint density at radius 2 is 1.95 bits per heavy atom. The first-order valence-electron chi connectivity index (χ1n) is 6.90. The zero-order chi connectivity index (χ0) is 14.3. The smallest absolute Gasteiger partial charge is 0.239 e. The number of phenols is 1. The first-order chi connectivity index (χ1) is 9.08. The number of carbonyl (C=O) groups excluding carboxylic acids is 1. The number of hydrogen-bond donors (Lipinski definition) is 2. The van der Waals surface area contributed by atoms with Gasteiger partial charge in [-0.1, -0.05) is 25.5 Å². The summed E-state index contributed by atoms with van der Waals surface area (Å²) >= 11 is 0. The summed E-state index contributed by atoms with van der Waals surface area (Å²) in [7, 11) is 0. The van der Waals surface area contributed by atoms with Crippen molar-refractivity contribution in [3.05, 3.63) is 29.8 Å². The quantitative estimate of drug-likeness (QED) is 0.790. The molecule has 0 saturated heterocycles. The molecule has 3 N–H and O–H groups in total. The fourth-order valence-electron chi connectivity index (χ4n) is 1.98. The minimum Gasteiger partial charge on any atom is -0.508 e. The summed E-state index contributed by atoms with van der Waals surface area (Å²) in [6, 6.07) is 6.30. The molecule has 0 aliphatic rings. The average Bonchev–Trinajstić information content (AvgIpc) is 2.42. The summed E-state index contributed by atoms with van der Waals surface area (Å²) in [5.41, 5.74) is 6.94. The van der Waals surface area contributed by atoms with Crippen molar-refractivity contribution in [1.29, 1.82) is 0 Å². The predicted molar refractivity (Wildman–Crippen MR) is 76.9 cm³/mol. The zero-order valence-corrected chi connectivity index (χ0v) is 11.8. The Morgan fingerprint density at radius 1 is 1.32 bits per heavy atom. The lowest BCUT2D eigenvalue weighted by atomic mass is 10.1. The number of nitrogens with zero attached hydrogens (tertiary/aromatic N) is 1. The van der Waals surface area contributed by atoms with Gasteiger partial charge in [-0.05, 0) is 37.5 Å². The number of carbonyl (C=O) groups is 1. The van der Waals surface area contributed by atoms with E-state index in [1.54, 1.807) is 24.3 Å². The number of aromatic hydroxyl groups is 1. The highest BCUT2D eigenvalue weighted by atomic mass is 16.3. The van der Waals surface area contributed by atoms with E-state index in [4.69, 9.17) is 5.73 Å². The summed E-state index contributed by atoms with van der Waals surface area (Å²) in [5.74, 6) is 0.228. The van der Waals surface area contributed by atoms with Crippen LogP contribution in [0.2, 0.25) is 0 Å². The van der Waals surface area contributed by atoms with Gasteiger partial charge in [-0.3, -0.25) is 4.79 Å². The van der Waals surface area contributed by atoms with Crippen molar-refractivity contribution in [2.75, 3.05) is 13.1 Å². The van der Waals surface area contributed by atoms with Crippen LogP contribution >= 0.6 is 0 Å². The van der Waals surface area contributed by atoms with Crippen LogP contribution in [0, 0.1) is 0 Å². The van der Waals surface area contributed by atoms with Crippen LogP contribution in [-0.4, -0.2) is 35.0 Å². The van der Waals surface area contributed by atoms with Crippen molar-refractivity contribution in [1.82, 2.24) is 4.90 Å². The molecule has 1 amide bonds. The highest BCUT2D eigenvalue weighted by Gasteiger charge is 2.19. The van der Waals surface area contributed by atoms with Crippen molar-refractivity contribution < 1.29 is 9.90 Å². The van der Waals surface area contributed by atoms with E-state index < -0.39 is 6.04 Å². The van der Waals surface area contributed by atoms with Crippen LogP contribution in [-0.2, 0) is 11.2 Å². The van der Waals surface area contributed by atoms with Gasteiger partial charge in [0.15, 0.2) is 0 Å². The third kappa shape index (κ3) is 4.91. The highest BCUT2D eigenvalue weighted by Crippen LogP contribution is 2.11. The molecule has 0 unspecified atom stereocenters. The monoisotopic (exact) mass is 264 g/mol. The molecule has 4 nitrogen and oxygen atoms in total. The van der Waals surface area contributed by atoms with Crippen molar-refractivity contribution in [2.45, 2.75) is 39.2 Å². The Balaban J connectivity index is 2.57. The lowest BCUT2D eigenvalue weighted by Gasteiger charge is -2.24. The Bertz CT molecular complexity index is 390. The molecule has 0 spiro atoms. The van der Waals surface area contributed by atoms with Crippen LogP contribution in [0.1, 0.15) is 32.3 Å². The van der Waals surface area contributed by atoms with E-state index in [1.807, 2.05) is 11.8 Å². The van der Waals surface area contributed by atoms with Crippen LogP contribution in [0.15, 0.2) is 24.3 Å². The second-order valence-electron chi connectivity index (χ2n) is 4.75. The van der Waals surface area contributed by atoms with Crippen LogP contribution in [0.3, 0.4) is 0 Å². The SMILES string of the molecule is CCCCN(CC)C(=O)[C@H](N)Cc1ccc(O)cc1. The molecule has 1 rings (SSSR count). The van der Waals surface area contributed by atoms with E-state index in [0.29, 0.717) is 13.0 Å². The number of hydrogen-bond acceptors (Lipinski definition) is 3. The van der Waals surface area contributed by atoms with Crippen LogP contribution < -0.4 is 5.73 Å². The van der Waals surface area contributed by atoms with Gasteiger partial charge in [-0.25, -0.2) is 0 Å². The van der Waals surface area contributed by atoms with Gasteiger partial charge < -0.3 is 15.7 Å². The number of amides is 1. The van der Waals surface area contributed by atoms with Crippen molar-refractivity contribution in [3.63, 3.8) is 0 Å². The van der Waals surface area contributed by atoms with Gasteiger partial charge in [0.2, 0.25) is 5.91 Å². The number of unbranched alkanes of at least 4 members (excludes halogenated alkanes) is 1. The molecule has 4 heteroatoms. The van der Waals surface area contributed by atoms with Gasteiger partial charge in [0, 0.05) is 13.1 Å². The van der Waals surface area contributed by atoms with E-state index in [0.717, 1.165) is 24.9 Å². The Kier molecular flexibility index (Phi) is 6.36. The molecule has 0 bridgehead atoms. The summed E-state index contributed by atoms with van der Waals surface area (Å²) in [6.45, 7) is 5.55. The molecule has 1 atom stereocenters. The fourth-order valence-corrected chi connectivity index (χ4v) is 1.98. The Morgan fingerprint density at radius 3 is 2.47 bits per heavy atom. The number of benzene rings is 1. The van der Waals surface area contributed by atoms with Gasteiger partial charge >= 0.3 is 0 Å². The molecule has 0 aliphatic heterocycles. The summed E-state index contributed by atoms with van der Waals surface area (Å²) in [6.07, 6.45) is 2.57. The summed E-state index contributed by atoms with van der Waals surface area (Å²) in [4.78, 5) is 14.0. The number of rotatable bonds is 7. The average molecular weight is 264 g/mol. The standard InChI is InChI=1S/C15H24N2O2/c1-3-5-10-17(4-2)15(19)14(16)11-12-6-8-13(18)9-7-12/h6-9,14,18H,3-5,10-11,16H2,1-2H3/t14-/m1/s1. The Hall–Kier alpha value is -1.55. The second kappa shape index (κ2) is 7.79. The predicted octanol–water partition coefficient (Wildman–Crippen LogP) is 1.91. The summed E-state index contributed by atoms with van der Waals surface area (Å²) < 4.78 is 0. The maximum Gasteiger partial charge on any atom is 0.239 e. The molecule has 0 fully saturated rings. The molecule has 19 heavy (non-hydrogen) atoms. The first-order valence-corrected chi connectivity index (χ1v) is 6.90.